The van der Waals surface area contributed by atoms with Gasteiger partial charge < -0.3 is 11.1 Å². The van der Waals surface area contributed by atoms with Crippen LogP contribution in [0.4, 0.5) is 0 Å². The lowest BCUT2D eigenvalue weighted by molar-refractivity contribution is 0.182. The molecule has 0 atom stereocenters. The predicted molar refractivity (Wildman–Crippen MR) is 91.7 cm³/mol. The Morgan fingerprint density at radius 2 is 2.14 bits per heavy atom. The number of guanidine groups is 1. The van der Waals surface area contributed by atoms with E-state index in [-0.39, 0.29) is 5.54 Å². The molecule has 4 nitrogen and oxygen atoms in total. The van der Waals surface area contributed by atoms with Gasteiger partial charge in [-0.25, -0.2) is 0 Å². The van der Waals surface area contributed by atoms with E-state index in [4.69, 9.17) is 5.73 Å². The van der Waals surface area contributed by atoms with E-state index in [1.165, 1.54) is 30.8 Å². The van der Waals surface area contributed by atoms with E-state index >= 15 is 0 Å². The molecular weight excluding hydrogens is 280 g/mol. The molecule has 1 aliphatic heterocycles. The third-order valence-electron chi connectivity index (χ3n) is 3.69. The molecule has 21 heavy (non-hydrogen) atoms. The largest absolute Gasteiger partial charge is 0.370 e. The number of hydrogen-bond acceptors (Lipinski definition) is 3. The maximum Gasteiger partial charge on any atom is 0.188 e. The Labute approximate surface area is 132 Å². The number of nitrogens with one attached hydrogen (secondary N) is 1. The molecule has 5 heteroatoms. The summed E-state index contributed by atoms with van der Waals surface area (Å²) in [4.78, 5) is 8.51. The molecule has 0 radical (unpaired) electrons. The van der Waals surface area contributed by atoms with Crippen molar-refractivity contribution in [1.82, 2.24) is 10.2 Å². The standard InChI is InChI=1S/C16H28N4S/c1-16(2,3)19-15(17)18-11-13-6-8-20(9-7-13)12-14-5-4-10-21-14/h4-5,10,13H,6-9,11-12H2,1-3H3,(H3,17,18,19). The summed E-state index contributed by atoms with van der Waals surface area (Å²) in [5.41, 5.74) is 5.91. The number of piperidine rings is 1. The van der Waals surface area contributed by atoms with Crippen molar-refractivity contribution >= 4 is 17.3 Å². The lowest BCUT2D eigenvalue weighted by Crippen LogP contribution is -2.45. The number of rotatable bonds is 4. The van der Waals surface area contributed by atoms with Gasteiger partial charge in [0.25, 0.3) is 0 Å². The smallest absolute Gasteiger partial charge is 0.188 e. The van der Waals surface area contributed by atoms with Gasteiger partial charge in [0.05, 0.1) is 0 Å². The molecule has 0 amide bonds. The van der Waals surface area contributed by atoms with E-state index in [0.717, 1.165) is 13.1 Å². The Balaban J connectivity index is 1.70. The topological polar surface area (TPSA) is 53.6 Å². The second-order valence-electron chi connectivity index (χ2n) is 6.90. The van der Waals surface area contributed by atoms with E-state index in [1.54, 1.807) is 0 Å². The lowest BCUT2D eigenvalue weighted by atomic mass is 9.97. The Morgan fingerprint density at radius 3 is 2.71 bits per heavy atom. The first-order chi connectivity index (χ1) is 9.92. The highest BCUT2D eigenvalue weighted by molar-refractivity contribution is 7.09. The molecule has 0 aromatic carbocycles. The molecule has 3 N–H and O–H groups in total. The van der Waals surface area contributed by atoms with Crippen molar-refractivity contribution in [3.05, 3.63) is 22.4 Å². The van der Waals surface area contributed by atoms with Crippen molar-refractivity contribution in [2.24, 2.45) is 16.6 Å². The van der Waals surface area contributed by atoms with Gasteiger partial charge >= 0.3 is 0 Å². The number of nitrogens with two attached hydrogens (primary N) is 1. The fraction of sp³-hybridized carbons (Fsp3) is 0.688. The zero-order chi connectivity index (χ0) is 15.3. The highest BCUT2D eigenvalue weighted by Crippen LogP contribution is 2.20. The number of aliphatic imine (C=N–C) groups is 1. The van der Waals surface area contributed by atoms with Crippen LogP contribution < -0.4 is 11.1 Å². The van der Waals surface area contributed by atoms with Crippen LogP contribution in [0.2, 0.25) is 0 Å². The van der Waals surface area contributed by atoms with Crippen molar-refractivity contribution in [2.75, 3.05) is 19.6 Å². The lowest BCUT2D eigenvalue weighted by Gasteiger charge is -2.31. The number of likely N-dealkylation sites (tertiary alicyclic amines) is 1. The van der Waals surface area contributed by atoms with Gasteiger partial charge in [-0.3, -0.25) is 9.89 Å². The molecule has 2 heterocycles. The Morgan fingerprint density at radius 1 is 1.43 bits per heavy atom. The second kappa shape index (κ2) is 7.27. The number of hydrogen-bond donors (Lipinski definition) is 2. The average molecular weight is 308 g/mol. The van der Waals surface area contributed by atoms with Gasteiger partial charge in [-0.15, -0.1) is 11.3 Å². The van der Waals surface area contributed by atoms with Crippen LogP contribution >= 0.6 is 11.3 Å². The van der Waals surface area contributed by atoms with Crippen molar-refractivity contribution in [3.8, 4) is 0 Å². The van der Waals surface area contributed by atoms with Crippen molar-refractivity contribution in [3.63, 3.8) is 0 Å². The second-order valence-corrected chi connectivity index (χ2v) is 7.93. The quantitative estimate of drug-likeness (QED) is 0.664. The molecule has 0 saturated carbocycles. The molecule has 1 fully saturated rings. The van der Waals surface area contributed by atoms with Gasteiger partial charge in [0.15, 0.2) is 5.96 Å². The first-order valence-corrected chi connectivity index (χ1v) is 8.63. The Hall–Kier alpha value is -1.07. The Kier molecular flexibility index (Phi) is 5.65. The van der Waals surface area contributed by atoms with E-state index < -0.39 is 0 Å². The maximum absolute atomic E-state index is 5.92. The maximum atomic E-state index is 5.92. The summed E-state index contributed by atoms with van der Waals surface area (Å²) in [6.07, 6.45) is 2.44. The first kappa shape index (κ1) is 16.3. The summed E-state index contributed by atoms with van der Waals surface area (Å²) in [5, 5.41) is 5.37. The summed E-state index contributed by atoms with van der Waals surface area (Å²) >= 11 is 1.85. The fourth-order valence-electron chi connectivity index (χ4n) is 2.60. The van der Waals surface area contributed by atoms with Gasteiger partial charge in [-0.2, -0.15) is 0 Å². The molecule has 2 rings (SSSR count). The van der Waals surface area contributed by atoms with Crippen molar-refractivity contribution in [1.29, 1.82) is 0 Å². The number of nitrogens with zero attached hydrogens (tertiary/aromatic N) is 2. The number of thiophene rings is 1. The zero-order valence-electron chi connectivity index (χ0n) is 13.4. The third-order valence-corrected chi connectivity index (χ3v) is 4.55. The van der Waals surface area contributed by atoms with Crippen LogP contribution in [0.25, 0.3) is 0 Å². The minimum atomic E-state index is -0.0162. The summed E-state index contributed by atoms with van der Waals surface area (Å²) in [7, 11) is 0. The minimum Gasteiger partial charge on any atom is -0.370 e. The van der Waals surface area contributed by atoms with Crippen molar-refractivity contribution in [2.45, 2.75) is 45.7 Å². The average Bonchev–Trinajstić information content (AvgIpc) is 2.89. The Bertz CT molecular complexity index is 439. The van der Waals surface area contributed by atoms with Gasteiger partial charge in [0, 0.05) is 23.5 Å². The van der Waals surface area contributed by atoms with Gasteiger partial charge in [-0.1, -0.05) is 6.07 Å². The van der Waals surface area contributed by atoms with Crippen LogP contribution in [0.1, 0.15) is 38.5 Å². The van der Waals surface area contributed by atoms with Crippen LogP contribution in [-0.2, 0) is 6.54 Å². The highest BCUT2D eigenvalue weighted by atomic mass is 32.1. The van der Waals surface area contributed by atoms with E-state index in [0.29, 0.717) is 11.9 Å². The molecule has 118 valence electrons. The molecule has 1 aromatic rings. The SMILES string of the molecule is CC(C)(C)NC(N)=NCC1CCN(Cc2cccs2)CC1. The van der Waals surface area contributed by atoms with E-state index in [2.05, 4.69) is 53.5 Å². The predicted octanol–water partition coefficient (Wildman–Crippen LogP) is 2.66. The van der Waals surface area contributed by atoms with Crippen molar-refractivity contribution < 1.29 is 0 Å². The molecule has 0 aliphatic carbocycles. The van der Waals surface area contributed by atoms with Crippen LogP contribution in [0, 0.1) is 5.92 Å². The summed E-state index contributed by atoms with van der Waals surface area (Å²) in [5.74, 6) is 1.24. The highest BCUT2D eigenvalue weighted by Gasteiger charge is 2.19. The molecular formula is C16H28N4S. The fourth-order valence-corrected chi connectivity index (χ4v) is 3.35. The van der Waals surface area contributed by atoms with Crippen LogP contribution in [0.3, 0.4) is 0 Å². The molecule has 1 aliphatic rings. The zero-order valence-corrected chi connectivity index (χ0v) is 14.2. The summed E-state index contributed by atoms with van der Waals surface area (Å²) in [6, 6.07) is 4.35. The molecule has 0 bridgehead atoms. The summed E-state index contributed by atoms with van der Waals surface area (Å²) in [6.45, 7) is 10.6. The van der Waals surface area contributed by atoms with Crippen LogP contribution in [0.5, 0.6) is 0 Å². The first-order valence-electron chi connectivity index (χ1n) is 7.75. The minimum absolute atomic E-state index is 0.0162. The molecule has 1 aromatic heterocycles. The van der Waals surface area contributed by atoms with Crippen LogP contribution in [0.15, 0.2) is 22.5 Å². The molecule has 0 spiro atoms. The third kappa shape index (κ3) is 6.06. The van der Waals surface area contributed by atoms with Gasteiger partial charge in [-0.05, 0) is 64.1 Å². The van der Waals surface area contributed by atoms with E-state index in [1.807, 2.05) is 11.3 Å². The van der Waals surface area contributed by atoms with E-state index in [9.17, 15) is 0 Å². The normalized spacial score (nSPS) is 18.9. The van der Waals surface area contributed by atoms with Gasteiger partial charge in [0.2, 0.25) is 0 Å². The molecule has 0 unspecified atom stereocenters. The van der Waals surface area contributed by atoms with Crippen LogP contribution in [-0.4, -0.2) is 36.0 Å². The van der Waals surface area contributed by atoms with Gasteiger partial charge in [0.1, 0.15) is 0 Å². The monoisotopic (exact) mass is 308 g/mol. The molecule has 1 saturated heterocycles. The summed E-state index contributed by atoms with van der Waals surface area (Å²) < 4.78 is 0.